The molecule has 0 aliphatic heterocycles. The molecule has 0 saturated carbocycles. The topological polar surface area (TPSA) is 104 Å². The zero-order chi connectivity index (χ0) is 13.4. The van der Waals surface area contributed by atoms with Crippen LogP contribution >= 0.6 is 11.3 Å². The second-order valence-corrected chi connectivity index (χ2v) is 4.02. The summed E-state index contributed by atoms with van der Waals surface area (Å²) < 4.78 is 4.46. The van der Waals surface area contributed by atoms with Crippen molar-refractivity contribution in [3.05, 3.63) is 11.1 Å². The molecule has 1 heterocycles. The summed E-state index contributed by atoms with van der Waals surface area (Å²) in [6.07, 6.45) is 2.29. The van der Waals surface area contributed by atoms with Crippen molar-refractivity contribution in [2.45, 2.75) is 12.8 Å². The Kier molecular flexibility index (Phi) is 5.78. The van der Waals surface area contributed by atoms with Crippen LogP contribution in [0.15, 0.2) is 10.5 Å². The molecule has 0 spiro atoms. The van der Waals surface area contributed by atoms with Gasteiger partial charge in [0, 0.05) is 11.8 Å². The summed E-state index contributed by atoms with van der Waals surface area (Å²) in [5.74, 6) is -0.322. The average Bonchev–Trinajstić information content (AvgIpc) is 2.80. The Morgan fingerprint density at radius 2 is 2.44 bits per heavy atom. The van der Waals surface area contributed by atoms with E-state index in [0.29, 0.717) is 17.2 Å². The summed E-state index contributed by atoms with van der Waals surface area (Å²) in [6.45, 7) is 0.194. The minimum atomic E-state index is -0.322. The minimum Gasteiger partial charge on any atom is -0.469 e. The van der Waals surface area contributed by atoms with Crippen LogP contribution in [0.3, 0.4) is 0 Å². The van der Waals surface area contributed by atoms with Crippen LogP contribution in [0.1, 0.15) is 18.5 Å². The van der Waals surface area contributed by atoms with Gasteiger partial charge < -0.3 is 15.3 Å². The van der Waals surface area contributed by atoms with E-state index in [4.69, 9.17) is 10.6 Å². The summed E-state index contributed by atoms with van der Waals surface area (Å²) in [5.41, 5.74) is 5.69. The first-order valence-corrected chi connectivity index (χ1v) is 5.91. The van der Waals surface area contributed by atoms with Gasteiger partial charge in [0.05, 0.1) is 7.11 Å². The number of thiazole rings is 1. The summed E-state index contributed by atoms with van der Waals surface area (Å²) in [7, 11) is 1.31. The van der Waals surface area contributed by atoms with Crippen LogP contribution in [-0.2, 0) is 19.2 Å². The molecule has 0 aliphatic rings. The quantitative estimate of drug-likeness (QED) is 0.335. The van der Waals surface area contributed by atoms with Gasteiger partial charge in [-0.3, -0.25) is 9.59 Å². The zero-order valence-corrected chi connectivity index (χ0v) is 10.5. The summed E-state index contributed by atoms with van der Waals surface area (Å²) in [5, 5.41) is 5.49. The smallest absolute Gasteiger partial charge is 0.305 e. The van der Waals surface area contributed by atoms with Crippen LogP contribution < -0.4 is 5.73 Å². The molecule has 0 amide bonds. The fourth-order valence-electron chi connectivity index (χ4n) is 1.01. The molecule has 0 aliphatic carbocycles. The highest BCUT2D eigenvalue weighted by molar-refractivity contribution is 7.13. The lowest BCUT2D eigenvalue weighted by molar-refractivity contribution is -0.141. The fraction of sp³-hybridized carbons (Fsp3) is 0.400. The van der Waals surface area contributed by atoms with E-state index >= 15 is 0 Å². The number of oxime groups is 1. The van der Waals surface area contributed by atoms with Gasteiger partial charge in [0.1, 0.15) is 12.3 Å². The lowest BCUT2D eigenvalue weighted by atomic mass is 10.3. The van der Waals surface area contributed by atoms with Gasteiger partial charge >= 0.3 is 5.97 Å². The van der Waals surface area contributed by atoms with Gasteiger partial charge in [-0.1, -0.05) is 5.16 Å². The largest absolute Gasteiger partial charge is 0.469 e. The molecule has 0 saturated heterocycles. The number of rotatable bonds is 7. The van der Waals surface area contributed by atoms with E-state index in [-0.39, 0.29) is 24.7 Å². The number of carbonyl (C=O) groups is 1. The molecule has 1 aromatic rings. The number of hydrogen-bond acceptors (Lipinski definition) is 8. The number of esters is 1. The molecule has 0 aromatic carbocycles. The lowest BCUT2D eigenvalue weighted by Gasteiger charge is -1.99. The molecule has 1 radical (unpaired) electrons. The van der Waals surface area contributed by atoms with Crippen molar-refractivity contribution in [2.24, 2.45) is 5.16 Å². The number of ether oxygens (including phenoxy) is 1. The van der Waals surface area contributed by atoms with Crippen molar-refractivity contribution in [2.75, 3.05) is 19.5 Å². The molecule has 0 unspecified atom stereocenters. The fourth-order valence-corrected chi connectivity index (χ4v) is 1.56. The van der Waals surface area contributed by atoms with Crippen LogP contribution in [0.25, 0.3) is 0 Å². The van der Waals surface area contributed by atoms with Crippen LogP contribution in [0.2, 0.25) is 0 Å². The van der Waals surface area contributed by atoms with Crippen LogP contribution in [0, 0.1) is 0 Å². The SMILES string of the molecule is COC(=O)CCCON=C([C]=O)c1csc(N)n1. The first-order valence-electron chi connectivity index (χ1n) is 5.03. The Morgan fingerprint density at radius 1 is 1.67 bits per heavy atom. The highest BCUT2D eigenvalue weighted by Gasteiger charge is 2.08. The van der Waals surface area contributed by atoms with Gasteiger partial charge in [0.25, 0.3) is 6.29 Å². The molecule has 0 fully saturated rings. The Balaban J connectivity index is 2.40. The van der Waals surface area contributed by atoms with E-state index in [0.717, 1.165) is 0 Å². The second-order valence-electron chi connectivity index (χ2n) is 3.13. The number of methoxy groups -OCH3 is 1. The number of hydrogen-bond donors (Lipinski definition) is 1. The lowest BCUT2D eigenvalue weighted by Crippen LogP contribution is -2.06. The van der Waals surface area contributed by atoms with Gasteiger partial charge in [-0.15, -0.1) is 11.3 Å². The molecule has 8 heteroatoms. The van der Waals surface area contributed by atoms with E-state index in [1.165, 1.54) is 18.4 Å². The number of carbonyl (C=O) groups excluding carboxylic acids is 2. The maximum absolute atomic E-state index is 10.8. The third-order valence-corrected chi connectivity index (χ3v) is 2.54. The molecule has 18 heavy (non-hydrogen) atoms. The van der Waals surface area contributed by atoms with Crippen molar-refractivity contribution in [3.8, 4) is 0 Å². The Hall–Kier alpha value is -1.96. The van der Waals surface area contributed by atoms with Gasteiger partial charge in [-0.05, 0) is 6.42 Å². The van der Waals surface area contributed by atoms with Crippen LogP contribution in [0.5, 0.6) is 0 Å². The zero-order valence-electron chi connectivity index (χ0n) is 9.71. The predicted octanol–water partition coefficient (Wildman–Crippen LogP) is 0.509. The minimum absolute atomic E-state index is 0.0546. The Labute approximate surface area is 108 Å². The first-order chi connectivity index (χ1) is 8.67. The number of aromatic nitrogens is 1. The normalized spacial score (nSPS) is 11.1. The van der Waals surface area contributed by atoms with Gasteiger partial charge in [0.2, 0.25) is 0 Å². The van der Waals surface area contributed by atoms with E-state index in [1.54, 1.807) is 11.7 Å². The molecule has 1 aromatic heterocycles. The highest BCUT2D eigenvalue weighted by Crippen LogP contribution is 2.11. The van der Waals surface area contributed by atoms with E-state index in [2.05, 4.69) is 14.9 Å². The molecule has 97 valence electrons. The predicted molar refractivity (Wildman–Crippen MR) is 66.0 cm³/mol. The van der Waals surface area contributed by atoms with Crippen molar-refractivity contribution in [3.63, 3.8) is 0 Å². The molecule has 0 atom stereocenters. The molecular weight excluding hydrogens is 258 g/mol. The van der Waals surface area contributed by atoms with E-state index in [1.807, 2.05) is 0 Å². The molecule has 7 nitrogen and oxygen atoms in total. The molecular formula is C10H12N3O4S. The van der Waals surface area contributed by atoms with Crippen molar-refractivity contribution < 1.29 is 19.2 Å². The van der Waals surface area contributed by atoms with E-state index < -0.39 is 0 Å². The van der Waals surface area contributed by atoms with Crippen molar-refractivity contribution in [1.82, 2.24) is 4.98 Å². The van der Waals surface area contributed by atoms with Crippen molar-refractivity contribution >= 4 is 34.4 Å². The standard InChI is InChI=1S/C10H12N3O4S/c1-16-9(15)3-2-4-17-13-7(5-14)8-6-18-10(11)12-8/h6H,2-4H2,1H3,(H2,11,12). The molecule has 0 bridgehead atoms. The third-order valence-electron chi connectivity index (χ3n) is 1.86. The third kappa shape index (κ3) is 4.50. The maximum Gasteiger partial charge on any atom is 0.305 e. The average molecular weight is 270 g/mol. The summed E-state index contributed by atoms with van der Waals surface area (Å²) in [6, 6.07) is 0. The number of anilines is 1. The number of nitrogen functional groups attached to an aromatic ring is 1. The Bertz CT molecular complexity index is 444. The van der Waals surface area contributed by atoms with Gasteiger partial charge in [-0.2, -0.15) is 0 Å². The molecule has 2 N–H and O–H groups in total. The van der Waals surface area contributed by atoms with Gasteiger partial charge in [0.15, 0.2) is 10.8 Å². The number of nitrogens with zero attached hydrogens (tertiary/aromatic N) is 2. The Morgan fingerprint density at radius 3 is 3.00 bits per heavy atom. The number of nitrogens with two attached hydrogens (primary N) is 1. The maximum atomic E-state index is 10.8. The van der Waals surface area contributed by atoms with Crippen LogP contribution in [0.4, 0.5) is 5.13 Å². The monoisotopic (exact) mass is 270 g/mol. The van der Waals surface area contributed by atoms with Gasteiger partial charge in [-0.25, -0.2) is 4.98 Å². The van der Waals surface area contributed by atoms with E-state index in [9.17, 15) is 9.59 Å². The van der Waals surface area contributed by atoms with Crippen molar-refractivity contribution in [1.29, 1.82) is 0 Å². The van der Waals surface area contributed by atoms with Crippen LogP contribution in [-0.4, -0.2) is 36.7 Å². The highest BCUT2D eigenvalue weighted by atomic mass is 32.1. The summed E-state index contributed by atoms with van der Waals surface area (Å²) >= 11 is 1.19. The second kappa shape index (κ2) is 7.38. The molecule has 1 rings (SSSR count). The summed E-state index contributed by atoms with van der Waals surface area (Å²) in [4.78, 5) is 30.2. The first kappa shape index (κ1) is 14.1.